The number of carbonyl (C=O) groups excluding carboxylic acids is 1. The molecule has 2 N–H and O–H groups in total. The van der Waals surface area contributed by atoms with E-state index in [0.29, 0.717) is 13.1 Å². The van der Waals surface area contributed by atoms with E-state index in [1.807, 2.05) is 0 Å². The van der Waals surface area contributed by atoms with Crippen LogP contribution in [-0.4, -0.2) is 38.1 Å². The Morgan fingerprint density at radius 1 is 1.33 bits per heavy atom. The van der Waals surface area contributed by atoms with Crippen molar-refractivity contribution in [2.45, 2.75) is 13.8 Å². The lowest BCUT2D eigenvalue weighted by atomic mass is 10.5. The number of rotatable bonds is 4. The summed E-state index contributed by atoms with van der Waals surface area (Å²) in [5, 5.41) is 4.71. The normalized spacial score (nSPS) is 11.2. The van der Waals surface area contributed by atoms with Crippen molar-refractivity contribution in [2.75, 3.05) is 18.8 Å². The summed E-state index contributed by atoms with van der Waals surface area (Å²) in [6.07, 6.45) is 0. The van der Waals surface area contributed by atoms with Gasteiger partial charge in [-0.1, -0.05) is 0 Å². The van der Waals surface area contributed by atoms with E-state index < -0.39 is 21.7 Å². The Morgan fingerprint density at radius 3 is 2.00 bits per heavy atom. The lowest BCUT2D eigenvalue weighted by Gasteiger charge is -2.17. The first-order valence-electron chi connectivity index (χ1n) is 3.69. The molecule has 0 aromatic carbocycles. The fraction of sp³-hybridized carbons (Fsp3) is 0.833. The number of hydrogen-bond donors (Lipinski definition) is 1. The standard InChI is InChI=1S/C6H14N2O3S/c1-3-8(4-2)6(9)5-12(7,10)11/h3-5H2,1-2H3,(H2,7,10,11). The first kappa shape index (κ1) is 11.4. The molecule has 12 heavy (non-hydrogen) atoms. The molecule has 0 aliphatic heterocycles. The number of carbonyl (C=O) groups is 1. The summed E-state index contributed by atoms with van der Waals surface area (Å²) in [4.78, 5) is 12.5. The second-order valence-corrected chi connectivity index (χ2v) is 3.99. The van der Waals surface area contributed by atoms with E-state index in [9.17, 15) is 13.2 Å². The Morgan fingerprint density at radius 2 is 1.75 bits per heavy atom. The summed E-state index contributed by atoms with van der Waals surface area (Å²) in [5.74, 6) is -1.04. The smallest absolute Gasteiger partial charge is 0.239 e. The van der Waals surface area contributed by atoms with Gasteiger partial charge in [0.15, 0.2) is 0 Å². The Labute approximate surface area is 72.6 Å². The van der Waals surface area contributed by atoms with Crippen LogP contribution in [0.15, 0.2) is 0 Å². The molecule has 0 unspecified atom stereocenters. The molecule has 0 atom stereocenters. The topological polar surface area (TPSA) is 80.5 Å². The molecule has 0 saturated heterocycles. The van der Waals surface area contributed by atoms with E-state index in [1.54, 1.807) is 13.8 Å². The van der Waals surface area contributed by atoms with Gasteiger partial charge in [-0.15, -0.1) is 0 Å². The Hall–Kier alpha value is -0.620. The highest BCUT2D eigenvalue weighted by atomic mass is 32.2. The molecule has 0 aromatic rings. The zero-order valence-corrected chi connectivity index (χ0v) is 8.10. The molecule has 0 saturated carbocycles. The molecule has 0 aliphatic carbocycles. The summed E-state index contributed by atoms with van der Waals surface area (Å²) in [5.41, 5.74) is 0. The van der Waals surface area contributed by atoms with Gasteiger partial charge in [-0.3, -0.25) is 4.79 Å². The summed E-state index contributed by atoms with van der Waals surface area (Å²) in [6, 6.07) is 0. The lowest BCUT2D eigenvalue weighted by Crippen LogP contribution is -2.37. The van der Waals surface area contributed by atoms with Crippen molar-refractivity contribution >= 4 is 15.9 Å². The van der Waals surface area contributed by atoms with E-state index in [-0.39, 0.29) is 0 Å². The monoisotopic (exact) mass is 194 g/mol. The molecule has 0 bridgehead atoms. The van der Waals surface area contributed by atoms with E-state index >= 15 is 0 Å². The van der Waals surface area contributed by atoms with Gasteiger partial charge < -0.3 is 4.90 Å². The van der Waals surface area contributed by atoms with Gasteiger partial charge in [0.05, 0.1) is 0 Å². The van der Waals surface area contributed by atoms with Gasteiger partial charge in [0.1, 0.15) is 5.75 Å². The highest BCUT2D eigenvalue weighted by Gasteiger charge is 2.15. The van der Waals surface area contributed by atoms with Crippen molar-refractivity contribution in [1.82, 2.24) is 4.90 Å². The summed E-state index contributed by atoms with van der Waals surface area (Å²) < 4.78 is 21.0. The van der Waals surface area contributed by atoms with Gasteiger partial charge in [-0.25, -0.2) is 13.6 Å². The van der Waals surface area contributed by atoms with E-state index in [1.165, 1.54) is 4.90 Å². The predicted molar refractivity (Wildman–Crippen MR) is 45.9 cm³/mol. The number of sulfonamides is 1. The maximum absolute atomic E-state index is 11.1. The van der Waals surface area contributed by atoms with Crippen LogP contribution >= 0.6 is 0 Å². The molecular formula is C6H14N2O3S. The number of primary sulfonamides is 1. The lowest BCUT2D eigenvalue weighted by molar-refractivity contribution is -0.128. The van der Waals surface area contributed by atoms with E-state index in [2.05, 4.69) is 0 Å². The van der Waals surface area contributed by atoms with Crippen LogP contribution in [0.25, 0.3) is 0 Å². The molecule has 1 amide bonds. The van der Waals surface area contributed by atoms with Crippen LogP contribution in [0.3, 0.4) is 0 Å². The highest BCUT2D eigenvalue weighted by Crippen LogP contribution is 1.90. The molecule has 0 aromatic heterocycles. The second kappa shape index (κ2) is 4.42. The van der Waals surface area contributed by atoms with Crippen molar-refractivity contribution in [2.24, 2.45) is 5.14 Å². The van der Waals surface area contributed by atoms with Gasteiger partial charge in [-0.2, -0.15) is 0 Å². The third kappa shape index (κ3) is 4.30. The van der Waals surface area contributed by atoms with Gasteiger partial charge in [0.25, 0.3) is 0 Å². The van der Waals surface area contributed by atoms with Crippen LogP contribution in [0.4, 0.5) is 0 Å². The van der Waals surface area contributed by atoms with Crippen LogP contribution in [-0.2, 0) is 14.8 Å². The first-order chi connectivity index (χ1) is 5.40. The van der Waals surface area contributed by atoms with Gasteiger partial charge >= 0.3 is 0 Å². The number of nitrogens with zero attached hydrogens (tertiary/aromatic N) is 1. The third-order valence-electron chi connectivity index (χ3n) is 1.44. The van der Waals surface area contributed by atoms with E-state index in [0.717, 1.165) is 0 Å². The molecule has 5 nitrogen and oxygen atoms in total. The first-order valence-corrected chi connectivity index (χ1v) is 5.40. The molecule has 0 aliphatic rings. The predicted octanol–water partition coefficient (Wildman–Crippen LogP) is -0.857. The average molecular weight is 194 g/mol. The summed E-state index contributed by atoms with van der Waals surface area (Å²) >= 11 is 0. The minimum absolute atomic E-state index is 0.442. The van der Waals surface area contributed by atoms with Crippen LogP contribution in [0.5, 0.6) is 0 Å². The third-order valence-corrected chi connectivity index (χ3v) is 2.09. The fourth-order valence-corrected chi connectivity index (χ4v) is 1.37. The molecule has 0 radical (unpaired) electrons. The Balaban J connectivity index is 4.21. The Bertz CT molecular complexity index is 244. The minimum atomic E-state index is -3.68. The van der Waals surface area contributed by atoms with Crippen LogP contribution < -0.4 is 5.14 Å². The summed E-state index contributed by atoms with van der Waals surface area (Å²) in [7, 11) is -3.68. The fourth-order valence-electron chi connectivity index (χ4n) is 0.840. The van der Waals surface area contributed by atoms with E-state index in [4.69, 9.17) is 5.14 Å². The minimum Gasteiger partial charge on any atom is -0.342 e. The molecule has 6 heteroatoms. The molecule has 0 spiro atoms. The second-order valence-electron chi connectivity index (χ2n) is 2.37. The maximum atomic E-state index is 11.1. The van der Waals surface area contributed by atoms with Crippen LogP contribution in [0.2, 0.25) is 0 Å². The quantitative estimate of drug-likeness (QED) is 0.632. The molecule has 72 valence electrons. The molecule has 0 heterocycles. The molecular weight excluding hydrogens is 180 g/mol. The van der Waals surface area contributed by atoms with Crippen molar-refractivity contribution in [3.63, 3.8) is 0 Å². The molecule has 0 fully saturated rings. The van der Waals surface area contributed by atoms with Crippen molar-refractivity contribution < 1.29 is 13.2 Å². The van der Waals surface area contributed by atoms with Crippen molar-refractivity contribution in [3.05, 3.63) is 0 Å². The van der Waals surface area contributed by atoms with Crippen molar-refractivity contribution in [1.29, 1.82) is 0 Å². The zero-order chi connectivity index (χ0) is 9.78. The SMILES string of the molecule is CCN(CC)C(=O)CS(N)(=O)=O. The number of nitrogens with two attached hydrogens (primary N) is 1. The number of amides is 1. The Kier molecular flexibility index (Phi) is 4.19. The zero-order valence-electron chi connectivity index (χ0n) is 7.28. The van der Waals surface area contributed by atoms with Crippen LogP contribution in [0.1, 0.15) is 13.8 Å². The van der Waals surface area contributed by atoms with Gasteiger partial charge in [0, 0.05) is 13.1 Å². The average Bonchev–Trinajstić information content (AvgIpc) is 1.85. The summed E-state index contributed by atoms with van der Waals surface area (Å²) in [6.45, 7) is 4.57. The molecule has 0 rings (SSSR count). The maximum Gasteiger partial charge on any atom is 0.239 e. The van der Waals surface area contributed by atoms with Gasteiger partial charge in [0.2, 0.25) is 15.9 Å². The van der Waals surface area contributed by atoms with Crippen LogP contribution in [0, 0.1) is 0 Å². The van der Waals surface area contributed by atoms with Gasteiger partial charge in [-0.05, 0) is 13.8 Å². The van der Waals surface area contributed by atoms with Crippen molar-refractivity contribution in [3.8, 4) is 0 Å². The largest absolute Gasteiger partial charge is 0.342 e. The highest BCUT2D eigenvalue weighted by molar-refractivity contribution is 7.89. The number of hydrogen-bond acceptors (Lipinski definition) is 3.